The number of carbonyl (C=O) groups is 2. The number of aromatic nitrogens is 5. The van der Waals surface area contributed by atoms with E-state index in [-0.39, 0.29) is 18.0 Å². The zero-order chi connectivity index (χ0) is 32.4. The average Bonchev–Trinajstić information content (AvgIpc) is 3.68. The summed E-state index contributed by atoms with van der Waals surface area (Å²) in [7, 11) is 1.55. The monoisotopic (exact) mass is 656 g/mol. The Balaban J connectivity index is 1.41. The van der Waals surface area contributed by atoms with Gasteiger partial charge < -0.3 is 24.7 Å². The molecule has 1 aliphatic carbocycles. The second-order valence-corrected chi connectivity index (χ2v) is 15.9. The summed E-state index contributed by atoms with van der Waals surface area (Å²) in [5, 5.41) is 13.9. The Kier molecular flexibility index (Phi) is 7.83. The van der Waals surface area contributed by atoms with E-state index in [1.165, 1.54) is 40.1 Å². The number of aryl methyl sites for hydroxylation is 1. The van der Waals surface area contributed by atoms with Crippen LogP contribution in [0.4, 0.5) is 25.5 Å². The third kappa shape index (κ3) is 6.50. The van der Waals surface area contributed by atoms with Crippen LogP contribution in [0.5, 0.6) is 0 Å². The second kappa shape index (κ2) is 11.3. The van der Waals surface area contributed by atoms with Gasteiger partial charge in [-0.1, -0.05) is 11.3 Å². The molecule has 240 valence electrons. The number of hydrogen-bond acceptors (Lipinski definition) is 11. The summed E-state index contributed by atoms with van der Waals surface area (Å²) >= 11 is 2.76. The number of rotatable bonds is 5. The van der Waals surface area contributed by atoms with E-state index >= 15 is 4.39 Å². The second-order valence-electron chi connectivity index (χ2n) is 13.5. The van der Waals surface area contributed by atoms with Crippen molar-refractivity contribution in [2.24, 2.45) is 5.92 Å². The first-order valence-electron chi connectivity index (χ1n) is 14.8. The maximum atomic E-state index is 15.3. The van der Waals surface area contributed by atoms with Gasteiger partial charge in [0.15, 0.2) is 9.50 Å². The summed E-state index contributed by atoms with van der Waals surface area (Å²) in [6.07, 6.45) is 0.558. The van der Waals surface area contributed by atoms with Gasteiger partial charge in [-0.25, -0.2) is 23.9 Å². The van der Waals surface area contributed by atoms with E-state index in [1.54, 1.807) is 27.8 Å². The summed E-state index contributed by atoms with van der Waals surface area (Å²) in [4.78, 5) is 42.2. The quantitative estimate of drug-likeness (QED) is 0.231. The molecule has 1 saturated carbocycles. The molecule has 3 aromatic heterocycles. The zero-order valence-electron chi connectivity index (χ0n) is 26.5. The maximum absolute atomic E-state index is 15.3. The van der Waals surface area contributed by atoms with Crippen LogP contribution in [0.15, 0.2) is 21.6 Å². The highest BCUT2D eigenvalue weighted by Gasteiger charge is 2.47. The van der Waals surface area contributed by atoms with Crippen LogP contribution in [0.25, 0.3) is 21.9 Å². The third-order valence-corrected chi connectivity index (χ3v) is 9.45. The van der Waals surface area contributed by atoms with Gasteiger partial charge >= 0.3 is 12.2 Å². The van der Waals surface area contributed by atoms with Crippen LogP contribution < -0.4 is 15.1 Å². The van der Waals surface area contributed by atoms with E-state index in [9.17, 15) is 9.59 Å². The number of hydrogen-bond donors (Lipinski definition) is 2. The van der Waals surface area contributed by atoms with Crippen molar-refractivity contribution in [3.05, 3.63) is 23.0 Å². The molecule has 12 nitrogen and oxygen atoms in total. The van der Waals surface area contributed by atoms with E-state index in [0.29, 0.717) is 49.5 Å². The van der Waals surface area contributed by atoms with Crippen LogP contribution in [0.3, 0.4) is 0 Å². The summed E-state index contributed by atoms with van der Waals surface area (Å²) in [5.74, 6) is 0.340. The highest BCUT2D eigenvalue weighted by atomic mass is 32.2. The van der Waals surface area contributed by atoms with Crippen LogP contribution in [-0.2, 0) is 9.47 Å². The molecule has 4 aromatic rings. The van der Waals surface area contributed by atoms with E-state index in [1.807, 2.05) is 27.7 Å². The molecule has 2 aliphatic rings. The molecule has 15 heteroatoms. The molecular weight excluding hydrogens is 620 g/mol. The molecule has 2 amide bonds. The molecule has 45 heavy (non-hydrogen) atoms. The molecule has 6 rings (SSSR count). The number of alkyl carbamates (subject to hydrolysis) is 1. The summed E-state index contributed by atoms with van der Waals surface area (Å²) < 4.78 is 27.0. The smallest absolute Gasteiger partial charge is 0.414 e. The number of carbonyl (C=O) groups excluding carboxylic acids is 2. The van der Waals surface area contributed by atoms with Gasteiger partial charge in [0.25, 0.3) is 0 Å². The number of piperidine rings is 1. The zero-order valence-corrected chi connectivity index (χ0v) is 28.2. The predicted octanol–water partition coefficient (Wildman–Crippen LogP) is 6.42. The van der Waals surface area contributed by atoms with Crippen LogP contribution >= 0.6 is 23.1 Å². The van der Waals surface area contributed by atoms with Gasteiger partial charge in [0, 0.05) is 31.1 Å². The molecule has 1 aliphatic heterocycles. The standard InChI is InChI=1S/C30H37FN8O4S2/c1-14-36-37-27(44-14)45-25-34-23-21(18-10-16(31)11-20(22(18)33-23)38(8)28(41)43-30(5,6)7)24(35-25)39-13-15-9-17(39)12-19(15)32-26(40)42-29(2,3)4/h10-11,15,17,19H,9,12-13H2,1-8H3,(H,32,40)(H,33,34,35). The lowest BCUT2D eigenvalue weighted by atomic mass is 10.0. The Morgan fingerprint density at radius 3 is 2.47 bits per heavy atom. The van der Waals surface area contributed by atoms with E-state index in [2.05, 4.69) is 25.4 Å². The van der Waals surface area contributed by atoms with Gasteiger partial charge in [0.1, 0.15) is 33.5 Å². The molecular formula is C30H37FN8O4S2. The first-order valence-corrected chi connectivity index (χ1v) is 16.4. The summed E-state index contributed by atoms with van der Waals surface area (Å²) in [6.45, 7) is 13.4. The Morgan fingerprint density at radius 2 is 1.84 bits per heavy atom. The normalized spacial score (nSPS) is 19.8. The van der Waals surface area contributed by atoms with Gasteiger partial charge in [0.2, 0.25) is 0 Å². The fourth-order valence-corrected chi connectivity index (χ4v) is 7.67. The fraction of sp³-hybridized carbons (Fsp3) is 0.533. The van der Waals surface area contributed by atoms with Gasteiger partial charge in [0.05, 0.1) is 16.6 Å². The highest BCUT2D eigenvalue weighted by molar-refractivity contribution is 8.00. The van der Waals surface area contributed by atoms with Crippen molar-refractivity contribution in [1.82, 2.24) is 30.5 Å². The topological polar surface area (TPSA) is 138 Å². The lowest BCUT2D eigenvalue weighted by Crippen LogP contribution is -2.47. The minimum Gasteiger partial charge on any atom is -0.444 e. The van der Waals surface area contributed by atoms with Crippen molar-refractivity contribution in [2.45, 2.75) is 94.1 Å². The number of fused-ring (bicyclic) bond motifs is 5. The van der Waals surface area contributed by atoms with Gasteiger partial charge in [-0.3, -0.25) is 4.90 Å². The van der Waals surface area contributed by atoms with Crippen LogP contribution in [-0.4, -0.2) is 74.2 Å². The third-order valence-electron chi connectivity index (χ3n) is 7.70. The number of H-pyrrole nitrogens is 1. The molecule has 1 aromatic carbocycles. The van der Waals surface area contributed by atoms with Crippen LogP contribution in [0.1, 0.15) is 59.4 Å². The van der Waals surface area contributed by atoms with E-state index < -0.39 is 29.2 Å². The minimum absolute atomic E-state index is 0.0221. The molecule has 3 atom stereocenters. The van der Waals surface area contributed by atoms with Crippen molar-refractivity contribution in [1.29, 1.82) is 0 Å². The minimum atomic E-state index is -0.725. The first-order chi connectivity index (χ1) is 21.0. The van der Waals surface area contributed by atoms with Gasteiger partial charge in [-0.2, -0.15) is 0 Å². The van der Waals surface area contributed by atoms with Crippen LogP contribution in [0, 0.1) is 18.7 Å². The largest absolute Gasteiger partial charge is 0.444 e. The van der Waals surface area contributed by atoms with Crippen LogP contribution in [0.2, 0.25) is 0 Å². The molecule has 0 radical (unpaired) electrons. The lowest BCUT2D eigenvalue weighted by Gasteiger charge is -2.33. The number of anilines is 2. The Hall–Kier alpha value is -3.72. The highest BCUT2D eigenvalue weighted by Crippen LogP contribution is 2.45. The lowest BCUT2D eigenvalue weighted by molar-refractivity contribution is 0.0490. The van der Waals surface area contributed by atoms with E-state index in [0.717, 1.165) is 17.8 Å². The fourth-order valence-electron chi connectivity index (χ4n) is 6.00. The Bertz CT molecular complexity index is 1800. The van der Waals surface area contributed by atoms with Crippen molar-refractivity contribution in [3.8, 4) is 0 Å². The van der Waals surface area contributed by atoms with Crippen molar-refractivity contribution in [3.63, 3.8) is 0 Å². The Morgan fingerprint density at radius 1 is 1.11 bits per heavy atom. The number of amides is 2. The van der Waals surface area contributed by atoms with Crippen molar-refractivity contribution < 1.29 is 23.5 Å². The number of nitrogens with one attached hydrogen (secondary N) is 2. The number of nitrogens with zero attached hydrogens (tertiary/aromatic N) is 6. The van der Waals surface area contributed by atoms with Crippen molar-refractivity contribution >= 4 is 68.7 Å². The number of benzene rings is 1. The maximum Gasteiger partial charge on any atom is 0.414 e. The first kappa shape index (κ1) is 31.3. The molecule has 2 N–H and O–H groups in total. The number of ether oxygens (including phenoxy) is 2. The molecule has 2 bridgehead atoms. The molecule has 4 heterocycles. The molecule has 1 saturated heterocycles. The Labute approximate surface area is 268 Å². The number of aromatic amines is 1. The molecule has 3 unspecified atom stereocenters. The summed E-state index contributed by atoms with van der Waals surface area (Å²) in [6, 6.07) is 2.82. The molecule has 2 fully saturated rings. The average molecular weight is 657 g/mol. The van der Waals surface area contributed by atoms with Crippen molar-refractivity contribution in [2.75, 3.05) is 23.4 Å². The predicted molar refractivity (Wildman–Crippen MR) is 172 cm³/mol. The SMILES string of the molecule is Cc1nnc(Sc2nc(N3CC4CC3CC4NC(=O)OC(C)(C)C)c3c(n2)[nH]c2c(N(C)C(=O)OC(C)(C)C)cc(F)cc23)s1. The number of halogens is 1. The summed E-state index contributed by atoms with van der Waals surface area (Å²) in [5.41, 5.74) is 0.0622. The van der Waals surface area contributed by atoms with E-state index in [4.69, 9.17) is 19.4 Å². The van der Waals surface area contributed by atoms with Gasteiger partial charge in [-0.15, -0.1) is 10.2 Å². The van der Waals surface area contributed by atoms with Gasteiger partial charge in [-0.05, 0) is 91.1 Å². The molecule has 0 spiro atoms.